The highest BCUT2D eigenvalue weighted by atomic mass is 16.5. The maximum Gasteiger partial charge on any atom is 0.227 e. The number of likely N-dealkylation sites (tertiary alicyclic amines) is 1. The molecule has 0 aromatic heterocycles. The van der Waals surface area contributed by atoms with E-state index in [-0.39, 0.29) is 5.91 Å². The smallest absolute Gasteiger partial charge is 0.227 e. The SMILES string of the molecule is COc1ccccc1CC(=O)N1CCCC1Cc1ccccc1. The second-order valence-corrected chi connectivity index (χ2v) is 6.06. The first-order valence-electron chi connectivity index (χ1n) is 8.23. The lowest BCUT2D eigenvalue weighted by Gasteiger charge is -2.25. The van der Waals surface area contributed by atoms with E-state index in [1.54, 1.807) is 7.11 Å². The quantitative estimate of drug-likeness (QED) is 0.846. The molecular weight excluding hydrogens is 286 g/mol. The number of hydrogen-bond donors (Lipinski definition) is 0. The zero-order chi connectivity index (χ0) is 16.1. The first kappa shape index (κ1) is 15.6. The topological polar surface area (TPSA) is 29.5 Å². The number of para-hydroxylation sites is 1. The lowest BCUT2D eigenvalue weighted by atomic mass is 10.0. The Morgan fingerprint density at radius 2 is 1.87 bits per heavy atom. The summed E-state index contributed by atoms with van der Waals surface area (Å²) < 4.78 is 5.36. The third-order valence-corrected chi connectivity index (χ3v) is 4.55. The molecule has 120 valence electrons. The van der Waals surface area contributed by atoms with Gasteiger partial charge in [-0.2, -0.15) is 0 Å². The van der Waals surface area contributed by atoms with Crippen LogP contribution in [0.5, 0.6) is 5.75 Å². The summed E-state index contributed by atoms with van der Waals surface area (Å²) in [7, 11) is 1.65. The van der Waals surface area contributed by atoms with Crippen molar-refractivity contribution in [3.8, 4) is 5.75 Å². The minimum absolute atomic E-state index is 0.202. The summed E-state index contributed by atoms with van der Waals surface area (Å²) in [6.07, 6.45) is 3.54. The van der Waals surface area contributed by atoms with Gasteiger partial charge in [-0.25, -0.2) is 0 Å². The van der Waals surface area contributed by atoms with E-state index < -0.39 is 0 Å². The number of hydrogen-bond acceptors (Lipinski definition) is 2. The van der Waals surface area contributed by atoms with Crippen LogP contribution in [0.2, 0.25) is 0 Å². The molecule has 1 unspecified atom stereocenters. The molecule has 1 atom stereocenters. The van der Waals surface area contributed by atoms with E-state index in [4.69, 9.17) is 4.74 Å². The van der Waals surface area contributed by atoms with Gasteiger partial charge in [-0.05, 0) is 30.9 Å². The number of rotatable bonds is 5. The van der Waals surface area contributed by atoms with Crippen molar-refractivity contribution in [2.24, 2.45) is 0 Å². The molecule has 3 heteroatoms. The second-order valence-electron chi connectivity index (χ2n) is 6.06. The number of nitrogens with zero attached hydrogens (tertiary/aromatic N) is 1. The van der Waals surface area contributed by atoms with Gasteiger partial charge in [-0.3, -0.25) is 4.79 Å². The van der Waals surface area contributed by atoms with Gasteiger partial charge in [-0.15, -0.1) is 0 Å². The predicted octanol–water partition coefficient (Wildman–Crippen LogP) is 3.47. The predicted molar refractivity (Wildman–Crippen MR) is 91.6 cm³/mol. The van der Waals surface area contributed by atoms with Gasteiger partial charge in [0.05, 0.1) is 13.5 Å². The lowest BCUT2D eigenvalue weighted by Crippen LogP contribution is -2.37. The molecule has 1 saturated heterocycles. The van der Waals surface area contributed by atoms with Crippen LogP contribution in [-0.4, -0.2) is 30.5 Å². The molecule has 3 nitrogen and oxygen atoms in total. The van der Waals surface area contributed by atoms with Crippen molar-refractivity contribution in [1.82, 2.24) is 4.90 Å². The number of amides is 1. The Labute approximate surface area is 137 Å². The van der Waals surface area contributed by atoms with Crippen molar-refractivity contribution >= 4 is 5.91 Å². The van der Waals surface area contributed by atoms with Crippen molar-refractivity contribution in [2.45, 2.75) is 31.7 Å². The third-order valence-electron chi connectivity index (χ3n) is 4.55. The van der Waals surface area contributed by atoms with Crippen molar-refractivity contribution in [1.29, 1.82) is 0 Å². The molecule has 2 aromatic carbocycles. The highest BCUT2D eigenvalue weighted by Gasteiger charge is 2.28. The molecular formula is C20H23NO2. The van der Waals surface area contributed by atoms with Crippen molar-refractivity contribution in [3.63, 3.8) is 0 Å². The van der Waals surface area contributed by atoms with Crippen molar-refractivity contribution in [3.05, 3.63) is 65.7 Å². The van der Waals surface area contributed by atoms with Gasteiger partial charge in [0.25, 0.3) is 0 Å². The summed E-state index contributed by atoms with van der Waals surface area (Å²) in [6, 6.07) is 18.5. The fourth-order valence-corrected chi connectivity index (χ4v) is 3.38. The number of carbonyl (C=O) groups is 1. The number of methoxy groups -OCH3 is 1. The molecule has 1 amide bonds. The molecule has 2 aromatic rings. The molecule has 3 rings (SSSR count). The first-order chi connectivity index (χ1) is 11.3. The number of ether oxygens (including phenoxy) is 1. The molecule has 1 aliphatic rings. The average molecular weight is 309 g/mol. The molecule has 0 bridgehead atoms. The van der Waals surface area contributed by atoms with Crippen LogP contribution in [0, 0.1) is 0 Å². The fraction of sp³-hybridized carbons (Fsp3) is 0.350. The molecule has 1 aliphatic heterocycles. The normalized spacial score (nSPS) is 17.3. The van der Waals surface area contributed by atoms with Gasteiger partial charge in [-0.1, -0.05) is 48.5 Å². The van der Waals surface area contributed by atoms with E-state index in [0.717, 1.165) is 37.1 Å². The highest BCUT2D eigenvalue weighted by Crippen LogP contribution is 2.24. The fourth-order valence-electron chi connectivity index (χ4n) is 3.38. The number of carbonyl (C=O) groups excluding carboxylic acids is 1. The standard InChI is InChI=1S/C20H23NO2/c1-23-19-12-6-5-10-17(19)15-20(22)21-13-7-11-18(21)14-16-8-3-2-4-9-16/h2-6,8-10,12,18H,7,11,13-15H2,1H3. The largest absolute Gasteiger partial charge is 0.496 e. The Hall–Kier alpha value is -2.29. The highest BCUT2D eigenvalue weighted by molar-refractivity contribution is 5.80. The molecule has 0 aliphatic carbocycles. The van der Waals surface area contributed by atoms with Crippen molar-refractivity contribution < 1.29 is 9.53 Å². The van der Waals surface area contributed by atoms with Gasteiger partial charge in [0, 0.05) is 18.2 Å². The van der Waals surface area contributed by atoms with Crippen LogP contribution in [0.1, 0.15) is 24.0 Å². The summed E-state index contributed by atoms with van der Waals surface area (Å²) in [4.78, 5) is 14.8. The van der Waals surface area contributed by atoms with Gasteiger partial charge < -0.3 is 9.64 Å². The van der Waals surface area contributed by atoms with E-state index in [1.165, 1.54) is 5.56 Å². The minimum atomic E-state index is 0.202. The zero-order valence-corrected chi connectivity index (χ0v) is 13.6. The Kier molecular flexibility index (Phi) is 4.96. The molecule has 0 saturated carbocycles. The van der Waals surface area contributed by atoms with Gasteiger partial charge in [0.2, 0.25) is 5.91 Å². The van der Waals surface area contributed by atoms with Crippen LogP contribution < -0.4 is 4.74 Å². The Balaban J connectivity index is 1.68. The van der Waals surface area contributed by atoms with Crippen LogP contribution in [-0.2, 0) is 17.6 Å². The first-order valence-corrected chi connectivity index (χ1v) is 8.23. The van der Waals surface area contributed by atoms with E-state index >= 15 is 0 Å². The van der Waals surface area contributed by atoms with Crippen LogP contribution in [0.15, 0.2) is 54.6 Å². The third kappa shape index (κ3) is 3.73. The van der Waals surface area contributed by atoms with E-state index in [9.17, 15) is 4.79 Å². The Morgan fingerprint density at radius 3 is 2.65 bits per heavy atom. The summed E-state index contributed by atoms with van der Waals surface area (Å²) in [5.41, 5.74) is 2.26. The van der Waals surface area contributed by atoms with E-state index in [2.05, 4.69) is 29.2 Å². The zero-order valence-electron chi connectivity index (χ0n) is 13.6. The Bertz CT molecular complexity index is 654. The average Bonchev–Trinajstić information content (AvgIpc) is 3.04. The van der Waals surface area contributed by atoms with Gasteiger partial charge >= 0.3 is 0 Å². The number of benzene rings is 2. The molecule has 0 radical (unpaired) electrons. The van der Waals surface area contributed by atoms with Crippen LogP contribution in [0.25, 0.3) is 0 Å². The summed E-state index contributed by atoms with van der Waals surface area (Å²) >= 11 is 0. The van der Waals surface area contributed by atoms with E-state index in [0.29, 0.717) is 12.5 Å². The van der Waals surface area contributed by atoms with Gasteiger partial charge in [0.1, 0.15) is 5.75 Å². The monoisotopic (exact) mass is 309 g/mol. The van der Waals surface area contributed by atoms with Crippen LogP contribution in [0.4, 0.5) is 0 Å². The Morgan fingerprint density at radius 1 is 1.13 bits per heavy atom. The second kappa shape index (κ2) is 7.32. The van der Waals surface area contributed by atoms with Crippen molar-refractivity contribution in [2.75, 3.05) is 13.7 Å². The molecule has 23 heavy (non-hydrogen) atoms. The molecule has 0 spiro atoms. The van der Waals surface area contributed by atoms with Crippen LogP contribution >= 0.6 is 0 Å². The summed E-state index contributed by atoms with van der Waals surface area (Å²) in [5, 5.41) is 0. The lowest BCUT2D eigenvalue weighted by molar-refractivity contribution is -0.131. The minimum Gasteiger partial charge on any atom is -0.496 e. The maximum atomic E-state index is 12.8. The molecule has 0 N–H and O–H groups in total. The summed E-state index contributed by atoms with van der Waals surface area (Å²) in [6.45, 7) is 0.867. The molecule has 1 fully saturated rings. The summed E-state index contributed by atoms with van der Waals surface area (Å²) in [5.74, 6) is 0.993. The van der Waals surface area contributed by atoms with Gasteiger partial charge in [0.15, 0.2) is 0 Å². The van der Waals surface area contributed by atoms with E-state index in [1.807, 2.05) is 30.3 Å². The van der Waals surface area contributed by atoms with Crippen LogP contribution in [0.3, 0.4) is 0 Å². The molecule has 1 heterocycles. The maximum absolute atomic E-state index is 12.8.